The van der Waals surface area contributed by atoms with Crippen LogP contribution in [0.2, 0.25) is 0 Å². The molecule has 1 saturated heterocycles. The summed E-state index contributed by atoms with van der Waals surface area (Å²) in [6.45, 7) is 5.28. The summed E-state index contributed by atoms with van der Waals surface area (Å²) in [4.78, 5) is 40.0. The summed E-state index contributed by atoms with van der Waals surface area (Å²) in [6.07, 6.45) is 1.02. The molecule has 1 aliphatic heterocycles. The summed E-state index contributed by atoms with van der Waals surface area (Å²) in [6, 6.07) is 5.75. The molecule has 0 aliphatic carbocycles. The molecule has 4 rings (SSSR count). The zero-order chi connectivity index (χ0) is 25.8. The van der Waals surface area contributed by atoms with Crippen LogP contribution in [0.4, 0.5) is 13.2 Å². The van der Waals surface area contributed by atoms with Gasteiger partial charge in [-0.3, -0.25) is 14.8 Å². The Balaban J connectivity index is 0.000000429. The number of pyridine rings is 2. The number of aromatic nitrogens is 4. The molecule has 1 aliphatic rings. The number of amides is 1. The molecular weight excluding hydrogens is 467 g/mol. The van der Waals surface area contributed by atoms with Gasteiger partial charge in [-0.1, -0.05) is 0 Å². The van der Waals surface area contributed by atoms with E-state index in [0.717, 1.165) is 40.5 Å². The van der Waals surface area contributed by atoms with Crippen molar-refractivity contribution >= 4 is 11.9 Å². The molecular formula is C23H24F3N5O4. The number of likely N-dealkylation sites (tertiary alicyclic amines) is 1. The highest BCUT2D eigenvalue weighted by molar-refractivity contribution is 5.95. The van der Waals surface area contributed by atoms with Crippen LogP contribution in [0.1, 0.15) is 28.2 Å². The molecule has 186 valence electrons. The number of halogens is 3. The third-order valence-electron chi connectivity index (χ3n) is 5.46. The van der Waals surface area contributed by atoms with Gasteiger partial charge in [0, 0.05) is 50.0 Å². The highest BCUT2D eigenvalue weighted by atomic mass is 19.4. The number of carboxylic acid groups (broad SMARTS) is 1. The van der Waals surface area contributed by atoms with Crippen LogP contribution in [0.25, 0.3) is 22.6 Å². The summed E-state index contributed by atoms with van der Waals surface area (Å²) in [5.74, 6) is -2.03. The second-order valence-corrected chi connectivity index (χ2v) is 7.89. The molecule has 0 bridgehead atoms. The van der Waals surface area contributed by atoms with Gasteiger partial charge < -0.3 is 19.7 Å². The number of ether oxygens (including phenoxy) is 1. The lowest BCUT2D eigenvalue weighted by atomic mass is 10.1. The van der Waals surface area contributed by atoms with E-state index in [9.17, 15) is 18.0 Å². The van der Waals surface area contributed by atoms with Crippen molar-refractivity contribution in [1.82, 2.24) is 24.8 Å². The molecule has 1 fully saturated rings. The van der Waals surface area contributed by atoms with E-state index < -0.39 is 12.1 Å². The molecule has 0 radical (unpaired) electrons. The number of nitrogens with zero attached hydrogens (tertiary/aromatic N) is 4. The molecule has 0 saturated carbocycles. The molecule has 12 heteroatoms. The summed E-state index contributed by atoms with van der Waals surface area (Å²) in [5, 5.41) is 7.12. The van der Waals surface area contributed by atoms with Gasteiger partial charge >= 0.3 is 12.1 Å². The van der Waals surface area contributed by atoms with Gasteiger partial charge in [-0.05, 0) is 44.0 Å². The SMILES string of the molecule is CO[C@H]1CCN(C(=O)c2cncc(-c3ccnc(-c4nc(C)c(C)[nH]4)c3)c2)C1.O=C(O)C(F)(F)F. The summed E-state index contributed by atoms with van der Waals surface area (Å²) in [5.41, 5.74) is 5.13. The lowest BCUT2D eigenvalue weighted by molar-refractivity contribution is -0.192. The molecule has 3 aromatic rings. The van der Waals surface area contributed by atoms with Crippen LogP contribution in [-0.2, 0) is 9.53 Å². The Kier molecular flexibility index (Phi) is 7.85. The number of methoxy groups -OCH3 is 1. The third-order valence-corrected chi connectivity index (χ3v) is 5.46. The van der Waals surface area contributed by atoms with E-state index in [-0.39, 0.29) is 12.0 Å². The molecule has 0 aromatic carbocycles. The lowest BCUT2D eigenvalue weighted by Gasteiger charge is -2.16. The minimum atomic E-state index is -5.08. The van der Waals surface area contributed by atoms with Crippen molar-refractivity contribution < 1.29 is 32.6 Å². The van der Waals surface area contributed by atoms with Crippen molar-refractivity contribution in [3.05, 3.63) is 53.7 Å². The Morgan fingerprint density at radius 2 is 1.91 bits per heavy atom. The predicted molar refractivity (Wildman–Crippen MR) is 120 cm³/mol. The quantitative estimate of drug-likeness (QED) is 0.571. The Morgan fingerprint density at radius 1 is 1.20 bits per heavy atom. The van der Waals surface area contributed by atoms with Crippen molar-refractivity contribution in [3.8, 4) is 22.6 Å². The highest BCUT2D eigenvalue weighted by Crippen LogP contribution is 2.25. The normalized spacial score (nSPS) is 15.5. The van der Waals surface area contributed by atoms with E-state index in [1.54, 1.807) is 25.7 Å². The maximum atomic E-state index is 12.8. The van der Waals surface area contributed by atoms with Gasteiger partial charge in [-0.2, -0.15) is 13.2 Å². The van der Waals surface area contributed by atoms with Crippen LogP contribution < -0.4 is 0 Å². The van der Waals surface area contributed by atoms with Crippen molar-refractivity contribution in [2.75, 3.05) is 20.2 Å². The molecule has 35 heavy (non-hydrogen) atoms. The number of aliphatic carboxylic acids is 1. The van der Waals surface area contributed by atoms with Crippen molar-refractivity contribution in [2.45, 2.75) is 32.5 Å². The van der Waals surface area contributed by atoms with Gasteiger partial charge in [0.1, 0.15) is 5.69 Å². The number of alkyl halides is 3. The smallest absolute Gasteiger partial charge is 0.475 e. The number of hydrogen-bond donors (Lipinski definition) is 2. The first-order chi connectivity index (χ1) is 16.5. The monoisotopic (exact) mass is 491 g/mol. The molecule has 4 heterocycles. The predicted octanol–water partition coefficient (Wildman–Crippen LogP) is 3.64. The van der Waals surface area contributed by atoms with Gasteiger partial charge in [0.25, 0.3) is 5.91 Å². The maximum Gasteiger partial charge on any atom is 0.490 e. The lowest BCUT2D eigenvalue weighted by Crippen LogP contribution is -2.30. The average molecular weight is 491 g/mol. The Labute approximate surface area is 199 Å². The van der Waals surface area contributed by atoms with Gasteiger partial charge in [0.05, 0.1) is 17.4 Å². The van der Waals surface area contributed by atoms with E-state index in [4.69, 9.17) is 14.6 Å². The van der Waals surface area contributed by atoms with E-state index >= 15 is 0 Å². The topological polar surface area (TPSA) is 121 Å². The summed E-state index contributed by atoms with van der Waals surface area (Å²) < 4.78 is 37.1. The first kappa shape index (κ1) is 25.8. The Morgan fingerprint density at radius 3 is 2.49 bits per heavy atom. The van der Waals surface area contributed by atoms with Crippen LogP contribution >= 0.6 is 0 Å². The van der Waals surface area contributed by atoms with Crippen LogP contribution in [0, 0.1) is 13.8 Å². The largest absolute Gasteiger partial charge is 0.490 e. The van der Waals surface area contributed by atoms with Gasteiger partial charge in [-0.15, -0.1) is 0 Å². The van der Waals surface area contributed by atoms with E-state index in [1.165, 1.54) is 0 Å². The third kappa shape index (κ3) is 6.41. The molecule has 2 N–H and O–H groups in total. The number of nitrogens with one attached hydrogen (secondary N) is 1. The second-order valence-electron chi connectivity index (χ2n) is 7.89. The number of hydrogen-bond acceptors (Lipinski definition) is 6. The van der Waals surface area contributed by atoms with Crippen molar-refractivity contribution in [1.29, 1.82) is 0 Å². The molecule has 1 atom stereocenters. The van der Waals surface area contributed by atoms with Gasteiger partial charge in [0.15, 0.2) is 5.82 Å². The fourth-order valence-electron chi connectivity index (χ4n) is 3.41. The standard InChI is InChI=1S/C21H23N5O2.C2HF3O2/c1-13-14(2)25-20(24-13)19-9-15(4-6-23-19)16-8-17(11-22-10-16)21(27)26-7-5-18(12-26)28-3;3-2(4,5)1(6)7/h4,6,8-11,18H,5,7,12H2,1-3H3,(H,24,25);(H,6,7)/t18-;/m0./s1. The average Bonchev–Trinajstić information content (AvgIpc) is 3.45. The second kappa shape index (κ2) is 10.6. The summed E-state index contributed by atoms with van der Waals surface area (Å²) >= 11 is 0. The number of imidazole rings is 1. The number of aromatic amines is 1. The fourth-order valence-corrected chi connectivity index (χ4v) is 3.41. The molecule has 9 nitrogen and oxygen atoms in total. The Hall–Kier alpha value is -3.80. The first-order valence-electron chi connectivity index (χ1n) is 10.6. The maximum absolute atomic E-state index is 12.8. The number of carboxylic acids is 1. The number of rotatable bonds is 4. The fraction of sp³-hybridized carbons (Fsp3) is 0.348. The molecule has 1 amide bonds. The van der Waals surface area contributed by atoms with Crippen LogP contribution in [0.3, 0.4) is 0 Å². The molecule has 3 aromatic heterocycles. The number of carbonyl (C=O) groups excluding carboxylic acids is 1. The van der Waals surface area contributed by atoms with E-state index in [1.807, 2.05) is 36.9 Å². The van der Waals surface area contributed by atoms with E-state index in [2.05, 4.69) is 19.9 Å². The first-order valence-corrected chi connectivity index (χ1v) is 10.6. The zero-order valence-electron chi connectivity index (χ0n) is 19.3. The van der Waals surface area contributed by atoms with Crippen LogP contribution in [0.5, 0.6) is 0 Å². The number of aryl methyl sites for hydroxylation is 2. The van der Waals surface area contributed by atoms with E-state index in [0.29, 0.717) is 18.7 Å². The molecule has 0 spiro atoms. The molecule has 0 unspecified atom stereocenters. The number of H-pyrrole nitrogens is 1. The zero-order valence-corrected chi connectivity index (χ0v) is 19.3. The Bertz CT molecular complexity index is 1190. The van der Waals surface area contributed by atoms with Gasteiger partial charge in [-0.25, -0.2) is 9.78 Å². The van der Waals surface area contributed by atoms with Gasteiger partial charge in [0.2, 0.25) is 0 Å². The highest BCUT2D eigenvalue weighted by Gasteiger charge is 2.38. The number of carbonyl (C=O) groups is 2. The van der Waals surface area contributed by atoms with Crippen molar-refractivity contribution in [3.63, 3.8) is 0 Å². The van der Waals surface area contributed by atoms with Crippen molar-refractivity contribution in [2.24, 2.45) is 0 Å². The minimum absolute atomic E-state index is 0.0135. The van der Waals surface area contributed by atoms with Crippen LogP contribution in [-0.4, -0.2) is 74.3 Å². The minimum Gasteiger partial charge on any atom is -0.475 e. The summed E-state index contributed by atoms with van der Waals surface area (Å²) in [7, 11) is 1.68. The van der Waals surface area contributed by atoms with Crippen LogP contribution in [0.15, 0.2) is 36.8 Å².